The van der Waals surface area contributed by atoms with Crippen LogP contribution in [-0.4, -0.2) is 39.9 Å². The molecule has 0 spiro atoms. The lowest BCUT2D eigenvalue weighted by molar-refractivity contribution is 0.254. The summed E-state index contributed by atoms with van der Waals surface area (Å²) in [7, 11) is 1.84. The fraction of sp³-hybridized carbons (Fsp3) is 0.320. The fourth-order valence-electron chi connectivity index (χ4n) is 3.74. The summed E-state index contributed by atoms with van der Waals surface area (Å²) in [5, 5.41) is 11.4. The molecule has 2 heterocycles. The molecule has 1 aliphatic carbocycles. The van der Waals surface area contributed by atoms with E-state index in [-0.39, 0.29) is 6.03 Å². The van der Waals surface area contributed by atoms with Gasteiger partial charge in [0.05, 0.1) is 11.2 Å². The van der Waals surface area contributed by atoms with E-state index in [1.165, 1.54) is 18.5 Å². The van der Waals surface area contributed by atoms with Crippen molar-refractivity contribution < 1.29 is 9.53 Å². The summed E-state index contributed by atoms with van der Waals surface area (Å²) < 4.78 is 9.51. The highest BCUT2D eigenvalue weighted by Crippen LogP contribution is 2.40. The SMILES string of the molecule is C=C(CNC)N=C(/C=C\C)Oc1ccc2c(ccn2C(=O)Nc2cc(C3CC3)n(CC)n2)c1. The van der Waals surface area contributed by atoms with E-state index in [1.54, 1.807) is 16.8 Å². The Balaban J connectivity index is 1.51. The van der Waals surface area contributed by atoms with Crippen LogP contribution in [0.4, 0.5) is 10.6 Å². The Bertz CT molecular complexity index is 1230. The van der Waals surface area contributed by atoms with Gasteiger partial charge < -0.3 is 10.1 Å². The first-order chi connectivity index (χ1) is 16.0. The summed E-state index contributed by atoms with van der Waals surface area (Å²) in [6.07, 6.45) is 7.78. The number of likely N-dealkylation sites (N-methyl/N-ethyl adjacent to an activating group) is 1. The highest BCUT2D eigenvalue weighted by Gasteiger charge is 2.28. The monoisotopic (exact) mass is 446 g/mol. The average Bonchev–Trinajstić information content (AvgIpc) is 3.42. The molecule has 1 aliphatic rings. The van der Waals surface area contributed by atoms with Gasteiger partial charge in [0.15, 0.2) is 5.82 Å². The molecule has 1 amide bonds. The number of rotatable bonds is 8. The number of amides is 1. The second-order valence-electron chi connectivity index (χ2n) is 8.03. The molecule has 2 N–H and O–H groups in total. The number of nitrogens with zero attached hydrogens (tertiary/aromatic N) is 4. The number of fused-ring (bicyclic) bond motifs is 1. The van der Waals surface area contributed by atoms with Crippen LogP contribution in [0.25, 0.3) is 10.9 Å². The van der Waals surface area contributed by atoms with Gasteiger partial charge in [0.1, 0.15) is 5.75 Å². The summed E-state index contributed by atoms with van der Waals surface area (Å²) in [6.45, 7) is 9.24. The molecule has 8 heteroatoms. The molecular formula is C25H30N6O2. The summed E-state index contributed by atoms with van der Waals surface area (Å²) in [6, 6.07) is 9.19. The number of allylic oxidation sites excluding steroid dienone is 1. The van der Waals surface area contributed by atoms with Gasteiger partial charge in [0, 0.05) is 42.4 Å². The minimum Gasteiger partial charge on any atom is -0.439 e. The summed E-state index contributed by atoms with van der Waals surface area (Å²) >= 11 is 0. The van der Waals surface area contributed by atoms with Crippen molar-refractivity contribution in [2.75, 3.05) is 18.9 Å². The van der Waals surface area contributed by atoms with Crippen molar-refractivity contribution in [3.05, 3.63) is 66.7 Å². The van der Waals surface area contributed by atoms with Crippen LogP contribution >= 0.6 is 0 Å². The maximum Gasteiger partial charge on any atom is 0.331 e. The number of aromatic nitrogens is 3. The maximum absolute atomic E-state index is 12.9. The third-order valence-electron chi connectivity index (χ3n) is 5.40. The number of carbonyl (C=O) groups excluding carboxylic acids is 1. The van der Waals surface area contributed by atoms with Crippen LogP contribution in [0.1, 0.15) is 38.3 Å². The highest BCUT2D eigenvalue weighted by atomic mass is 16.5. The van der Waals surface area contributed by atoms with Crippen LogP contribution in [0, 0.1) is 0 Å². The first kappa shape index (κ1) is 22.5. The van der Waals surface area contributed by atoms with E-state index in [0.29, 0.717) is 35.6 Å². The molecule has 3 aromatic rings. The molecule has 172 valence electrons. The van der Waals surface area contributed by atoms with E-state index in [1.807, 2.05) is 55.1 Å². The average molecular weight is 447 g/mol. The van der Waals surface area contributed by atoms with Crippen molar-refractivity contribution in [3.63, 3.8) is 0 Å². The molecule has 0 saturated heterocycles. The Labute approximate surface area is 193 Å². The summed E-state index contributed by atoms with van der Waals surface area (Å²) in [5.41, 5.74) is 2.65. The van der Waals surface area contributed by atoms with E-state index in [9.17, 15) is 4.79 Å². The van der Waals surface area contributed by atoms with E-state index in [2.05, 4.69) is 34.2 Å². The quantitative estimate of drug-likeness (QED) is 0.381. The topological polar surface area (TPSA) is 85.5 Å². The lowest BCUT2D eigenvalue weighted by atomic mass is 10.2. The summed E-state index contributed by atoms with van der Waals surface area (Å²) in [4.78, 5) is 17.4. The molecule has 0 bridgehead atoms. The molecule has 1 aromatic carbocycles. The van der Waals surface area contributed by atoms with Gasteiger partial charge in [0.2, 0.25) is 5.90 Å². The Morgan fingerprint density at radius 1 is 1.33 bits per heavy atom. The van der Waals surface area contributed by atoms with Crippen LogP contribution in [-0.2, 0) is 6.54 Å². The van der Waals surface area contributed by atoms with Crippen LogP contribution in [0.15, 0.2) is 65.9 Å². The molecule has 0 unspecified atom stereocenters. The Kier molecular flexibility index (Phi) is 6.74. The van der Waals surface area contributed by atoms with Gasteiger partial charge in [-0.25, -0.2) is 9.79 Å². The van der Waals surface area contributed by atoms with Crippen molar-refractivity contribution in [2.45, 2.75) is 39.2 Å². The van der Waals surface area contributed by atoms with E-state index in [4.69, 9.17) is 4.74 Å². The predicted molar refractivity (Wildman–Crippen MR) is 132 cm³/mol. The van der Waals surface area contributed by atoms with E-state index in [0.717, 1.165) is 17.4 Å². The maximum atomic E-state index is 12.9. The molecule has 1 saturated carbocycles. The molecule has 33 heavy (non-hydrogen) atoms. The van der Waals surface area contributed by atoms with Crippen LogP contribution in [0.5, 0.6) is 5.75 Å². The van der Waals surface area contributed by atoms with Gasteiger partial charge in [-0.3, -0.25) is 14.6 Å². The number of nitrogens with one attached hydrogen (secondary N) is 2. The number of ether oxygens (including phenoxy) is 1. The Morgan fingerprint density at radius 3 is 2.85 bits per heavy atom. The second kappa shape index (κ2) is 9.87. The lowest BCUT2D eigenvalue weighted by Crippen LogP contribution is -2.18. The molecule has 1 fully saturated rings. The largest absolute Gasteiger partial charge is 0.439 e. The third kappa shape index (κ3) is 5.23. The van der Waals surface area contributed by atoms with Crippen LogP contribution in [0.2, 0.25) is 0 Å². The smallest absolute Gasteiger partial charge is 0.331 e. The van der Waals surface area contributed by atoms with Crippen molar-refractivity contribution >= 4 is 28.6 Å². The number of hydrogen-bond donors (Lipinski definition) is 2. The highest BCUT2D eigenvalue weighted by molar-refractivity contribution is 5.98. The van der Waals surface area contributed by atoms with E-state index < -0.39 is 0 Å². The van der Waals surface area contributed by atoms with Gasteiger partial charge in [0.25, 0.3) is 0 Å². The Hall–Kier alpha value is -3.65. The first-order valence-corrected chi connectivity index (χ1v) is 11.2. The normalized spacial score (nSPS) is 14.2. The van der Waals surface area contributed by atoms with Crippen molar-refractivity contribution in [2.24, 2.45) is 4.99 Å². The summed E-state index contributed by atoms with van der Waals surface area (Å²) in [5.74, 6) is 2.23. The van der Waals surface area contributed by atoms with Crippen LogP contribution < -0.4 is 15.4 Å². The third-order valence-corrected chi connectivity index (χ3v) is 5.40. The van der Waals surface area contributed by atoms with Gasteiger partial charge in [-0.05, 0) is 64.1 Å². The molecule has 8 nitrogen and oxygen atoms in total. The van der Waals surface area contributed by atoms with Crippen molar-refractivity contribution in [1.29, 1.82) is 0 Å². The predicted octanol–water partition coefficient (Wildman–Crippen LogP) is 4.90. The Morgan fingerprint density at radius 2 is 2.15 bits per heavy atom. The van der Waals surface area contributed by atoms with E-state index >= 15 is 0 Å². The molecule has 0 aliphatic heterocycles. The number of benzene rings is 1. The van der Waals surface area contributed by atoms with Crippen molar-refractivity contribution in [3.8, 4) is 5.75 Å². The zero-order valence-corrected chi connectivity index (χ0v) is 19.3. The van der Waals surface area contributed by atoms with Gasteiger partial charge in [-0.15, -0.1) is 0 Å². The van der Waals surface area contributed by atoms with Gasteiger partial charge in [-0.1, -0.05) is 12.7 Å². The molecule has 2 aromatic heterocycles. The standard InChI is InChI=1S/C25H30N6O2/c1-5-7-24(27-17(3)16-26-4)33-20-10-11-21-19(14-20)12-13-30(21)25(32)28-23-15-22(18-8-9-18)31(6-2)29-23/h5,7,10-15,18,26H,3,6,8-9,16H2,1-2,4H3,(H,28,29,32)/b7-5-,27-24?. The zero-order valence-electron chi connectivity index (χ0n) is 19.3. The zero-order chi connectivity index (χ0) is 23.4. The minimum atomic E-state index is -0.249. The van der Waals surface area contributed by atoms with Crippen molar-refractivity contribution in [1.82, 2.24) is 19.7 Å². The number of aryl methyl sites for hydroxylation is 1. The van der Waals surface area contributed by atoms with Crippen LogP contribution in [0.3, 0.4) is 0 Å². The number of aliphatic imine (C=N–C) groups is 1. The molecular weight excluding hydrogens is 416 g/mol. The number of carbonyl (C=O) groups is 1. The number of anilines is 1. The molecule has 0 atom stereocenters. The fourth-order valence-corrected chi connectivity index (χ4v) is 3.74. The first-order valence-electron chi connectivity index (χ1n) is 11.2. The molecule has 4 rings (SSSR count). The number of hydrogen-bond acceptors (Lipinski definition) is 5. The van der Waals surface area contributed by atoms with Gasteiger partial charge in [-0.2, -0.15) is 5.10 Å². The second-order valence-corrected chi connectivity index (χ2v) is 8.03. The lowest BCUT2D eigenvalue weighted by Gasteiger charge is -2.08. The molecule has 0 radical (unpaired) electrons. The minimum absolute atomic E-state index is 0.249. The van der Waals surface area contributed by atoms with Gasteiger partial charge >= 0.3 is 6.03 Å².